The second-order valence-electron chi connectivity index (χ2n) is 4.16. The number of nitrogens with zero attached hydrogens (tertiary/aromatic N) is 2. The van der Waals surface area contributed by atoms with Gasteiger partial charge < -0.3 is 15.8 Å². The Morgan fingerprint density at radius 2 is 2.25 bits per heavy atom. The fourth-order valence-electron chi connectivity index (χ4n) is 1.56. The Morgan fingerprint density at radius 1 is 1.50 bits per heavy atom. The number of ether oxygens (including phenoxy) is 1. The third-order valence-corrected chi connectivity index (χ3v) is 3.68. The van der Waals surface area contributed by atoms with Crippen LogP contribution in [0.2, 0.25) is 0 Å². The summed E-state index contributed by atoms with van der Waals surface area (Å²) in [6.07, 6.45) is 1.43. The maximum Gasteiger partial charge on any atom is 0.340 e. The van der Waals surface area contributed by atoms with Crippen molar-refractivity contribution in [1.82, 2.24) is 9.97 Å². The summed E-state index contributed by atoms with van der Waals surface area (Å²) in [6.45, 7) is 5.99. The number of carbonyl (C=O) groups is 1. The molecule has 0 fully saturated rings. The van der Waals surface area contributed by atoms with Crippen LogP contribution in [0.1, 0.15) is 27.9 Å². The molecule has 0 aliphatic heterocycles. The minimum Gasteiger partial charge on any atom is -0.462 e. The van der Waals surface area contributed by atoms with Gasteiger partial charge in [-0.25, -0.2) is 14.8 Å². The van der Waals surface area contributed by atoms with E-state index in [1.165, 1.54) is 17.5 Å². The lowest BCUT2D eigenvalue weighted by Crippen LogP contribution is -2.09. The average molecular weight is 292 g/mol. The molecule has 7 heteroatoms. The Morgan fingerprint density at radius 3 is 2.85 bits per heavy atom. The van der Waals surface area contributed by atoms with Crippen molar-refractivity contribution in [2.24, 2.45) is 0 Å². The van der Waals surface area contributed by atoms with Crippen LogP contribution in [0.4, 0.5) is 16.6 Å². The van der Waals surface area contributed by atoms with Crippen LogP contribution in [-0.4, -0.2) is 22.5 Å². The summed E-state index contributed by atoms with van der Waals surface area (Å²) in [5.41, 5.74) is 7.30. The van der Waals surface area contributed by atoms with Gasteiger partial charge in [0.1, 0.15) is 5.82 Å². The zero-order valence-corrected chi connectivity index (χ0v) is 12.4. The summed E-state index contributed by atoms with van der Waals surface area (Å²) >= 11 is 1.53. The molecule has 0 amide bonds. The van der Waals surface area contributed by atoms with Gasteiger partial charge in [0, 0.05) is 4.88 Å². The fraction of sp³-hybridized carbons (Fsp3) is 0.308. The minimum absolute atomic E-state index is 0.292. The van der Waals surface area contributed by atoms with E-state index in [9.17, 15) is 4.79 Å². The molecule has 0 saturated carbocycles. The highest BCUT2D eigenvalue weighted by Crippen LogP contribution is 2.25. The number of nitrogen functional groups attached to an aromatic ring is 1. The number of esters is 1. The van der Waals surface area contributed by atoms with E-state index in [1.807, 2.05) is 13.8 Å². The summed E-state index contributed by atoms with van der Waals surface area (Å²) in [4.78, 5) is 21.4. The number of aromatic nitrogens is 2. The van der Waals surface area contributed by atoms with Gasteiger partial charge in [0.05, 0.1) is 29.7 Å². The van der Waals surface area contributed by atoms with Gasteiger partial charge in [0.15, 0.2) is 5.13 Å². The predicted octanol–water partition coefficient (Wildman–Crippen LogP) is 2.66. The topological polar surface area (TPSA) is 90.1 Å². The lowest BCUT2D eigenvalue weighted by Gasteiger charge is -2.07. The first kappa shape index (κ1) is 14.3. The van der Waals surface area contributed by atoms with Crippen molar-refractivity contribution in [2.45, 2.75) is 20.8 Å². The number of rotatable bonds is 4. The minimum atomic E-state index is -0.457. The highest BCUT2D eigenvalue weighted by molar-refractivity contribution is 7.15. The molecular formula is C13H16N4O2S. The number of hydrogen-bond acceptors (Lipinski definition) is 7. The number of nitrogens with one attached hydrogen (secondary N) is 1. The number of aryl methyl sites for hydroxylation is 2. The zero-order chi connectivity index (χ0) is 14.7. The van der Waals surface area contributed by atoms with E-state index >= 15 is 0 Å². The van der Waals surface area contributed by atoms with Crippen molar-refractivity contribution < 1.29 is 9.53 Å². The van der Waals surface area contributed by atoms with Crippen LogP contribution in [-0.2, 0) is 4.74 Å². The van der Waals surface area contributed by atoms with Crippen LogP contribution >= 0.6 is 11.3 Å². The standard InChI is InChI=1S/C13H16N4O2S/c1-4-19-12(18)9-5-11(15-6-10(9)14)17-13-16-7(2)8(3)20-13/h5-6H,4,14H2,1-3H3,(H,15,16,17). The molecule has 0 atom stereocenters. The number of carbonyl (C=O) groups excluding carboxylic acids is 1. The second-order valence-corrected chi connectivity index (χ2v) is 5.37. The summed E-state index contributed by atoms with van der Waals surface area (Å²) in [6, 6.07) is 1.57. The predicted molar refractivity (Wildman–Crippen MR) is 79.5 cm³/mol. The first-order chi connectivity index (χ1) is 9.51. The molecule has 0 radical (unpaired) electrons. The Bertz CT molecular complexity index is 620. The SMILES string of the molecule is CCOC(=O)c1cc(Nc2nc(C)c(C)s2)ncc1N. The first-order valence-corrected chi connectivity index (χ1v) is 6.96. The molecule has 20 heavy (non-hydrogen) atoms. The Kier molecular flexibility index (Phi) is 4.19. The summed E-state index contributed by atoms with van der Waals surface area (Å²) < 4.78 is 4.95. The Balaban J connectivity index is 2.25. The van der Waals surface area contributed by atoms with E-state index in [-0.39, 0.29) is 0 Å². The zero-order valence-electron chi connectivity index (χ0n) is 11.6. The highest BCUT2D eigenvalue weighted by atomic mass is 32.1. The fourth-order valence-corrected chi connectivity index (χ4v) is 2.38. The van der Waals surface area contributed by atoms with Crippen LogP contribution in [0.15, 0.2) is 12.3 Å². The molecule has 2 heterocycles. The van der Waals surface area contributed by atoms with Crippen LogP contribution in [0, 0.1) is 13.8 Å². The Hall–Kier alpha value is -2.15. The maximum absolute atomic E-state index is 11.8. The molecular weight excluding hydrogens is 276 g/mol. The molecule has 106 valence electrons. The van der Waals surface area contributed by atoms with Crippen LogP contribution < -0.4 is 11.1 Å². The van der Waals surface area contributed by atoms with Gasteiger partial charge in [-0.15, -0.1) is 11.3 Å². The van der Waals surface area contributed by atoms with Crippen LogP contribution in [0.25, 0.3) is 0 Å². The van der Waals surface area contributed by atoms with Gasteiger partial charge in [0.25, 0.3) is 0 Å². The normalized spacial score (nSPS) is 10.3. The van der Waals surface area contributed by atoms with Gasteiger partial charge in [0.2, 0.25) is 0 Å². The van der Waals surface area contributed by atoms with Gasteiger partial charge in [-0.3, -0.25) is 0 Å². The molecule has 0 saturated heterocycles. The number of anilines is 3. The summed E-state index contributed by atoms with van der Waals surface area (Å²) in [7, 11) is 0. The molecule has 0 spiro atoms. The highest BCUT2D eigenvalue weighted by Gasteiger charge is 2.13. The summed E-state index contributed by atoms with van der Waals surface area (Å²) in [5, 5.41) is 3.79. The van der Waals surface area contributed by atoms with E-state index in [0.29, 0.717) is 23.7 Å². The van der Waals surface area contributed by atoms with E-state index in [4.69, 9.17) is 10.5 Å². The van der Waals surface area contributed by atoms with Crippen LogP contribution in [0.3, 0.4) is 0 Å². The molecule has 2 aromatic rings. The second kappa shape index (κ2) is 5.87. The number of thiazole rings is 1. The van der Waals surface area contributed by atoms with E-state index in [0.717, 1.165) is 15.7 Å². The first-order valence-electron chi connectivity index (χ1n) is 6.15. The largest absolute Gasteiger partial charge is 0.462 e. The molecule has 6 nitrogen and oxygen atoms in total. The molecule has 2 aromatic heterocycles. The van der Waals surface area contributed by atoms with Crippen molar-refractivity contribution >= 4 is 33.9 Å². The van der Waals surface area contributed by atoms with Gasteiger partial charge >= 0.3 is 5.97 Å². The molecule has 0 aromatic carbocycles. The van der Waals surface area contributed by atoms with Crippen molar-refractivity contribution in [1.29, 1.82) is 0 Å². The van der Waals surface area contributed by atoms with Crippen molar-refractivity contribution in [2.75, 3.05) is 17.7 Å². The van der Waals surface area contributed by atoms with E-state index in [1.54, 1.807) is 13.0 Å². The van der Waals surface area contributed by atoms with Gasteiger partial charge in [-0.1, -0.05) is 0 Å². The molecule has 0 bridgehead atoms. The van der Waals surface area contributed by atoms with Crippen LogP contribution in [0.5, 0.6) is 0 Å². The molecule has 0 unspecified atom stereocenters. The van der Waals surface area contributed by atoms with Gasteiger partial charge in [-0.05, 0) is 26.8 Å². The monoisotopic (exact) mass is 292 g/mol. The number of hydrogen-bond donors (Lipinski definition) is 2. The molecule has 2 rings (SSSR count). The Labute approximate surface area is 121 Å². The molecule has 0 aliphatic rings. The molecule has 0 aliphatic carbocycles. The smallest absolute Gasteiger partial charge is 0.340 e. The van der Waals surface area contributed by atoms with E-state index in [2.05, 4.69) is 15.3 Å². The van der Waals surface area contributed by atoms with Crippen molar-refractivity contribution in [3.8, 4) is 0 Å². The number of nitrogens with two attached hydrogens (primary N) is 1. The third kappa shape index (κ3) is 3.05. The van der Waals surface area contributed by atoms with Crippen molar-refractivity contribution in [3.63, 3.8) is 0 Å². The lowest BCUT2D eigenvalue weighted by molar-refractivity contribution is 0.0527. The third-order valence-electron chi connectivity index (χ3n) is 2.69. The number of pyridine rings is 1. The van der Waals surface area contributed by atoms with Gasteiger partial charge in [-0.2, -0.15) is 0 Å². The van der Waals surface area contributed by atoms with E-state index < -0.39 is 5.97 Å². The van der Waals surface area contributed by atoms with Crippen molar-refractivity contribution in [3.05, 3.63) is 28.4 Å². The lowest BCUT2D eigenvalue weighted by atomic mass is 10.2. The summed E-state index contributed by atoms with van der Waals surface area (Å²) in [5.74, 6) is 0.0537. The quantitative estimate of drug-likeness (QED) is 0.842. The molecule has 3 N–H and O–H groups in total. The maximum atomic E-state index is 11.8. The average Bonchev–Trinajstić information content (AvgIpc) is 2.71.